The molecule has 0 radical (unpaired) electrons. The van der Waals surface area contributed by atoms with Crippen LogP contribution in [0, 0.1) is 5.92 Å². The molecule has 3 heteroatoms. The molecule has 96 valence electrons. The number of hydrogen-bond acceptors (Lipinski definition) is 1. The minimum absolute atomic E-state index is 0.393. The van der Waals surface area contributed by atoms with Gasteiger partial charge in [-0.05, 0) is 18.1 Å². The van der Waals surface area contributed by atoms with Crippen LogP contribution in [0.1, 0.15) is 37.1 Å². The highest BCUT2D eigenvalue weighted by atomic mass is 79.9. The van der Waals surface area contributed by atoms with Crippen molar-refractivity contribution in [2.75, 3.05) is 0 Å². The smallest absolute Gasteiger partial charge is 0.0645 e. The van der Waals surface area contributed by atoms with Gasteiger partial charge in [0.15, 0.2) is 0 Å². The number of para-hydroxylation sites is 1. The van der Waals surface area contributed by atoms with Crippen LogP contribution in [0.5, 0.6) is 0 Å². The highest BCUT2D eigenvalue weighted by molar-refractivity contribution is 9.09. The van der Waals surface area contributed by atoms with E-state index in [2.05, 4.69) is 53.2 Å². The number of nitrogens with zero attached hydrogens (tertiary/aromatic N) is 2. The molecule has 0 aliphatic carbocycles. The predicted octanol–water partition coefficient (Wildman–Crippen LogP) is 4.74. The summed E-state index contributed by atoms with van der Waals surface area (Å²) in [6, 6.07) is 10.2. The topological polar surface area (TPSA) is 17.8 Å². The molecule has 0 bridgehead atoms. The van der Waals surface area contributed by atoms with Crippen molar-refractivity contribution in [2.45, 2.75) is 31.5 Å². The van der Waals surface area contributed by atoms with Crippen molar-refractivity contribution in [1.82, 2.24) is 9.78 Å². The summed E-state index contributed by atoms with van der Waals surface area (Å²) < 4.78 is 1.94. The van der Waals surface area contributed by atoms with Crippen molar-refractivity contribution in [2.24, 2.45) is 5.92 Å². The molecule has 1 aromatic heterocycles. The molecule has 1 aromatic carbocycles. The molecular weight excluding hydrogens is 288 g/mol. The van der Waals surface area contributed by atoms with Crippen molar-refractivity contribution < 1.29 is 0 Å². The van der Waals surface area contributed by atoms with E-state index >= 15 is 0 Å². The molecule has 1 heterocycles. The molecular formula is C15H19BrN2. The van der Waals surface area contributed by atoms with Crippen molar-refractivity contribution in [3.05, 3.63) is 48.3 Å². The molecule has 0 amide bonds. The largest absolute Gasteiger partial charge is 0.241 e. The van der Waals surface area contributed by atoms with Gasteiger partial charge in [0.1, 0.15) is 0 Å². The third-order valence-electron chi connectivity index (χ3n) is 3.40. The van der Waals surface area contributed by atoms with E-state index in [4.69, 9.17) is 0 Å². The van der Waals surface area contributed by atoms with Gasteiger partial charge in [-0.1, -0.05) is 60.8 Å². The number of halogens is 1. The first-order valence-corrected chi connectivity index (χ1v) is 7.41. The van der Waals surface area contributed by atoms with Crippen LogP contribution in [0.3, 0.4) is 0 Å². The molecule has 0 N–H and O–H groups in total. The Balaban J connectivity index is 2.20. The van der Waals surface area contributed by atoms with Gasteiger partial charge in [0, 0.05) is 16.6 Å². The number of aromatic nitrogens is 2. The molecule has 2 aromatic rings. The third-order valence-corrected chi connectivity index (χ3v) is 4.68. The van der Waals surface area contributed by atoms with E-state index in [0.717, 1.165) is 5.69 Å². The molecule has 0 saturated carbocycles. The zero-order valence-electron chi connectivity index (χ0n) is 10.9. The monoisotopic (exact) mass is 306 g/mol. The lowest BCUT2D eigenvalue weighted by Crippen LogP contribution is -2.04. The van der Waals surface area contributed by atoms with Crippen LogP contribution >= 0.6 is 15.9 Å². The van der Waals surface area contributed by atoms with Crippen LogP contribution < -0.4 is 0 Å². The Hall–Kier alpha value is -1.09. The maximum Gasteiger partial charge on any atom is 0.0645 e. The van der Waals surface area contributed by atoms with Crippen LogP contribution in [-0.2, 0) is 0 Å². The van der Waals surface area contributed by atoms with E-state index in [0.29, 0.717) is 10.7 Å². The Labute approximate surface area is 117 Å². The van der Waals surface area contributed by atoms with Crippen LogP contribution in [-0.4, -0.2) is 9.78 Å². The Morgan fingerprint density at radius 2 is 1.83 bits per heavy atom. The molecule has 0 aliphatic heterocycles. The fourth-order valence-electron chi connectivity index (χ4n) is 2.18. The maximum atomic E-state index is 4.45. The number of rotatable bonds is 5. The summed E-state index contributed by atoms with van der Waals surface area (Å²) in [5.41, 5.74) is 2.36. The highest BCUT2D eigenvalue weighted by Gasteiger charge is 2.18. The first-order valence-electron chi connectivity index (χ1n) is 6.50. The molecule has 0 spiro atoms. The molecule has 18 heavy (non-hydrogen) atoms. The molecule has 0 aliphatic rings. The van der Waals surface area contributed by atoms with Crippen LogP contribution in [0.2, 0.25) is 0 Å². The summed E-state index contributed by atoms with van der Waals surface area (Å²) in [7, 11) is 0. The number of hydrogen-bond donors (Lipinski definition) is 0. The summed E-state index contributed by atoms with van der Waals surface area (Å²) in [6.07, 6.45) is 6.45. The van der Waals surface area contributed by atoms with Gasteiger partial charge in [0.2, 0.25) is 0 Å². The van der Waals surface area contributed by atoms with Crippen molar-refractivity contribution in [1.29, 1.82) is 0 Å². The zero-order valence-corrected chi connectivity index (χ0v) is 12.5. The molecule has 1 atom stereocenters. The van der Waals surface area contributed by atoms with Crippen molar-refractivity contribution in [3.63, 3.8) is 0 Å². The predicted molar refractivity (Wildman–Crippen MR) is 79.3 cm³/mol. The normalized spacial score (nSPS) is 12.9. The average Bonchev–Trinajstić information content (AvgIpc) is 2.90. The van der Waals surface area contributed by atoms with Gasteiger partial charge in [-0.25, -0.2) is 4.68 Å². The first kappa shape index (κ1) is 13.3. The second kappa shape index (κ2) is 6.19. The van der Waals surface area contributed by atoms with Gasteiger partial charge >= 0.3 is 0 Å². The number of alkyl halides is 1. The number of benzene rings is 1. The lowest BCUT2D eigenvalue weighted by atomic mass is 9.96. The summed E-state index contributed by atoms with van der Waals surface area (Å²) >= 11 is 3.81. The standard InChI is InChI=1S/C15H19BrN2/c1-3-12(4-2)15(16)13-10-17-18(11-13)14-8-6-5-7-9-14/h5-12,15H,3-4H2,1-2H3. The zero-order chi connectivity index (χ0) is 13.0. The first-order chi connectivity index (χ1) is 8.76. The van der Waals surface area contributed by atoms with Gasteiger partial charge in [-0.2, -0.15) is 5.10 Å². The Kier molecular flexibility index (Phi) is 4.59. The van der Waals surface area contributed by atoms with Gasteiger partial charge in [0.05, 0.1) is 11.9 Å². The molecule has 2 rings (SSSR count). The fourth-order valence-corrected chi connectivity index (χ4v) is 3.16. The summed E-state index contributed by atoms with van der Waals surface area (Å²) in [4.78, 5) is 0.393. The second-order valence-electron chi connectivity index (χ2n) is 4.53. The fraction of sp³-hybridized carbons (Fsp3) is 0.400. The van der Waals surface area contributed by atoms with E-state index in [1.54, 1.807) is 0 Å². The van der Waals surface area contributed by atoms with E-state index in [-0.39, 0.29) is 0 Å². The second-order valence-corrected chi connectivity index (χ2v) is 5.52. The van der Waals surface area contributed by atoms with Crippen LogP contribution in [0.15, 0.2) is 42.7 Å². The SMILES string of the molecule is CCC(CC)C(Br)c1cnn(-c2ccccc2)c1. The molecule has 1 unspecified atom stereocenters. The summed E-state index contributed by atoms with van der Waals surface area (Å²) in [5.74, 6) is 0.665. The third kappa shape index (κ3) is 2.83. The van der Waals surface area contributed by atoms with Crippen molar-refractivity contribution >= 4 is 15.9 Å². The molecule has 2 nitrogen and oxygen atoms in total. The van der Waals surface area contributed by atoms with Gasteiger partial charge in [0.25, 0.3) is 0 Å². The minimum atomic E-state index is 0.393. The van der Waals surface area contributed by atoms with Gasteiger partial charge < -0.3 is 0 Å². The minimum Gasteiger partial charge on any atom is -0.241 e. The van der Waals surface area contributed by atoms with E-state index in [1.807, 2.05) is 29.1 Å². The highest BCUT2D eigenvalue weighted by Crippen LogP contribution is 2.34. The Bertz CT molecular complexity index is 474. The average molecular weight is 307 g/mol. The van der Waals surface area contributed by atoms with E-state index in [1.165, 1.54) is 18.4 Å². The maximum absolute atomic E-state index is 4.45. The lowest BCUT2D eigenvalue weighted by molar-refractivity contribution is 0.487. The quantitative estimate of drug-likeness (QED) is 0.729. The van der Waals surface area contributed by atoms with E-state index < -0.39 is 0 Å². The lowest BCUT2D eigenvalue weighted by Gasteiger charge is -2.17. The van der Waals surface area contributed by atoms with Crippen LogP contribution in [0.25, 0.3) is 5.69 Å². The van der Waals surface area contributed by atoms with Crippen LogP contribution in [0.4, 0.5) is 0 Å². The van der Waals surface area contributed by atoms with Gasteiger partial charge in [-0.15, -0.1) is 0 Å². The van der Waals surface area contributed by atoms with Gasteiger partial charge in [-0.3, -0.25) is 0 Å². The summed E-state index contributed by atoms with van der Waals surface area (Å²) in [6.45, 7) is 4.48. The van der Waals surface area contributed by atoms with E-state index in [9.17, 15) is 0 Å². The molecule has 0 fully saturated rings. The summed E-state index contributed by atoms with van der Waals surface area (Å²) in [5, 5.41) is 4.45. The Morgan fingerprint density at radius 3 is 2.44 bits per heavy atom. The molecule has 0 saturated heterocycles. The Morgan fingerprint density at radius 1 is 1.17 bits per heavy atom. The van der Waals surface area contributed by atoms with Crippen molar-refractivity contribution in [3.8, 4) is 5.69 Å².